The molecular weight excluding hydrogens is 190 g/mol. The monoisotopic (exact) mass is 211 g/mol. The quantitative estimate of drug-likeness (QED) is 0.714. The molecule has 86 valence electrons. The van der Waals surface area contributed by atoms with Gasteiger partial charge in [-0.15, -0.1) is 0 Å². The predicted octanol–water partition coefficient (Wildman–Crippen LogP) is 2.02. The second kappa shape index (κ2) is 7.84. The molecule has 0 spiro atoms. The van der Waals surface area contributed by atoms with Crippen molar-refractivity contribution in [2.24, 2.45) is 0 Å². The van der Waals surface area contributed by atoms with Crippen LogP contribution < -0.4 is 16.0 Å². The van der Waals surface area contributed by atoms with Crippen molar-refractivity contribution in [1.29, 1.82) is 0 Å². The molecule has 1 aromatic heterocycles. The fourth-order valence-electron chi connectivity index (χ4n) is 0.815. The van der Waals surface area contributed by atoms with Crippen LogP contribution in [0.3, 0.4) is 0 Å². The lowest BCUT2D eigenvalue weighted by Crippen LogP contribution is -2.03. The molecule has 0 aromatic carbocycles. The van der Waals surface area contributed by atoms with Crippen molar-refractivity contribution in [2.45, 2.75) is 20.3 Å². The highest BCUT2D eigenvalue weighted by Gasteiger charge is 1.99. The highest BCUT2D eigenvalue weighted by Crippen LogP contribution is 2.11. The molecule has 15 heavy (non-hydrogen) atoms. The van der Waals surface area contributed by atoms with E-state index in [1.54, 1.807) is 7.05 Å². The van der Waals surface area contributed by atoms with Crippen LogP contribution in [0.2, 0.25) is 0 Å². The highest BCUT2D eigenvalue weighted by atomic mass is 15.2. The molecule has 0 aliphatic carbocycles. The Labute approximate surface area is 91.7 Å². The summed E-state index contributed by atoms with van der Waals surface area (Å²) in [5.74, 6) is 2.18. The Kier molecular flexibility index (Phi) is 7.05. The van der Waals surface area contributed by atoms with Gasteiger partial charge in [-0.3, -0.25) is 0 Å². The summed E-state index contributed by atoms with van der Waals surface area (Å²) in [5.41, 5.74) is 0. The van der Waals surface area contributed by atoms with Crippen LogP contribution in [-0.2, 0) is 0 Å². The summed E-state index contributed by atoms with van der Waals surface area (Å²) in [5, 5.41) is 8.76. The first-order valence-corrected chi connectivity index (χ1v) is 5.14. The standard InChI is InChI=1S/C7H13N5.C3H8/c1-8-5-4-6(9-2)12-7(10-3)11-5;1-3-2/h4H,1-3H3,(H3,8,9,10,11,12);3H2,1-2H3. The van der Waals surface area contributed by atoms with Crippen LogP contribution in [0.1, 0.15) is 20.3 Å². The Morgan fingerprint density at radius 1 is 0.933 bits per heavy atom. The van der Waals surface area contributed by atoms with E-state index in [4.69, 9.17) is 0 Å². The molecule has 0 atom stereocenters. The van der Waals surface area contributed by atoms with Crippen molar-refractivity contribution >= 4 is 17.6 Å². The molecular formula is C10H21N5. The Morgan fingerprint density at radius 2 is 1.33 bits per heavy atom. The summed E-state index contributed by atoms with van der Waals surface area (Å²) in [7, 11) is 5.43. The molecule has 1 rings (SSSR count). The predicted molar refractivity (Wildman–Crippen MR) is 66.6 cm³/mol. The minimum Gasteiger partial charge on any atom is -0.373 e. The third kappa shape index (κ3) is 5.05. The maximum Gasteiger partial charge on any atom is 0.226 e. The van der Waals surface area contributed by atoms with Crippen LogP contribution >= 0.6 is 0 Å². The third-order valence-corrected chi connectivity index (χ3v) is 1.46. The number of nitrogens with one attached hydrogen (secondary N) is 3. The molecule has 0 saturated carbocycles. The fourth-order valence-corrected chi connectivity index (χ4v) is 0.815. The normalized spacial score (nSPS) is 8.60. The van der Waals surface area contributed by atoms with Crippen molar-refractivity contribution in [3.63, 3.8) is 0 Å². The fraction of sp³-hybridized carbons (Fsp3) is 0.600. The van der Waals surface area contributed by atoms with E-state index >= 15 is 0 Å². The Balaban J connectivity index is 0.000000583. The minimum absolute atomic E-state index is 0.603. The van der Waals surface area contributed by atoms with Crippen molar-refractivity contribution in [2.75, 3.05) is 37.1 Å². The zero-order valence-corrected chi connectivity index (χ0v) is 10.2. The number of hydrogen-bond donors (Lipinski definition) is 3. The topological polar surface area (TPSA) is 61.9 Å². The van der Waals surface area contributed by atoms with E-state index in [9.17, 15) is 0 Å². The maximum absolute atomic E-state index is 4.14. The van der Waals surface area contributed by atoms with Gasteiger partial charge in [-0.1, -0.05) is 20.3 Å². The van der Waals surface area contributed by atoms with Crippen LogP contribution in [0.15, 0.2) is 6.07 Å². The van der Waals surface area contributed by atoms with Gasteiger partial charge in [0.25, 0.3) is 0 Å². The average molecular weight is 211 g/mol. The van der Waals surface area contributed by atoms with E-state index in [0.29, 0.717) is 5.95 Å². The zero-order chi connectivity index (χ0) is 11.7. The largest absolute Gasteiger partial charge is 0.373 e. The number of aromatic nitrogens is 2. The van der Waals surface area contributed by atoms with E-state index in [1.165, 1.54) is 6.42 Å². The Morgan fingerprint density at radius 3 is 1.60 bits per heavy atom. The van der Waals surface area contributed by atoms with E-state index in [-0.39, 0.29) is 0 Å². The van der Waals surface area contributed by atoms with Crippen molar-refractivity contribution < 1.29 is 0 Å². The van der Waals surface area contributed by atoms with Gasteiger partial charge >= 0.3 is 0 Å². The lowest BCUT2D eigenvalue weighted by Gasteiger charge is -2.05. The average Bonchev–Trinajstić information content (AvgIpc) is 2.29. The first-order chi connectivity index (χ1) is 7.21. The summed E-state index contributed by atoms with van der Waals surface area (Å²) < 4.78 is 0. The number of anilines is 3. The van der Waals surface area contributed by atoms with Crippen molar-refractivity contribution in [3.8, 4) is 0 Å². The van der Waals surface area contributed by atoms with Crippen molar-refractivity contribution in [3.05, 3.63) is 6.07 Å². The van der Waals surface area contributed by atoms with Crippen LogP contribution in [0.5, 0.6) is 0 Å². The van der Waals surface area contributed by atoms with Gasteiger partial charge in [-0.05, 0) is 0 Å². The highest BCUT2D eigenvalue weighted by molar-refractivity contribution is 5.51. The van der Waals surface area contributed by atoms with E-state index < -0.39 is 0 Å². The molecule has 5 nitrogen and oxygen atoms in total. The lowest BCUT2D eigenvalue weighted by molar-refractivity contribution is 1.09. The first-order valence-electron chi connectivity index (χ1n) is 5.14. The maximum atomic E-state index is 4.14. The molecule has 0 aliphatic rings. The Bertz CT molecular complexity index is 219. The number of nitrogens with zero attached hydrogens (tertiary/aromatic N) is 2. The first kappa shape index (κ1) is 13.5. The molecule has 1 heterocycles. The van der Waals surface area contributed by atoms with Crippen molar-refractivity contribution in [1.82, 2.24) is 9.97 Å². The summed E-state index contributed by atoms with van der Waals surface area (Å²) in [6.07, 6.45) is 1.25. The van der Waals surface area contributed by atoms with Gasteiger partial charge in [0.2, 0.25) is 5.95 Å². The smallest absolute Gasteiger partial charge is 0.226 e. The van der Waals surface area contributed by atoms with E-state index in [1.807, 2.05) is 20.2 Å². The summed E-state index contributed by atoms with van der Waals surface area (Å²) in [4.78, 5) is 8.29. The lowest BCUT2D eigenvalue weighted by atomic mass is 10.5. The second-order valence-corrected chi connectivity index (χ2v) is 2.92. The van der Waals surface area contributed by atoms with E-state index in [0.717, 1.165) is 11.6 Å². The second-order valence-electron chi connectivity index (χ2n) is 2.92. The molecule has 0 saturated heterocycles. The SMILES string of the molecule is CCC.CNc1cc(NC)nc(NC)n1. The summed E-state index contributed by atoms with van der Waals surface area (Å²) in [6.45, 7) is 4.25. The molecule has 1 aromatic rings. The van der Waals surface area contributed by atoms with Crippen LogP contribution in [0.4, 0.5) is 17.6 Å². The summed E-state index contributed by atoms with van der Waals surface area (Å²) in [6, 6.07) is 1.83. The molecule has 5 heteroatoms. The number of rotatable bonds is 3. The van der Waals surface area contributed by atoms with Gasteiger partial charge in [0.1, 0.15) is 11.6 Å². The van der Waals surface area contributed by atoms with Crippen LogP contribution in [-0.4, -0.2) is 31.1 Å². The van der Waals surface area contributed by atoms with Gasteiger partial charge in [-0.2, -0.15) is 9.97 Å². The zero-order valence-electron chi connectivity index (χ0n) is 10.2. The van der Waals surface area contributed by atoms with Crippen LogP contribution in [0.25, 0.3) is 0 Å². The number of hydrogen-bond acceptors (Lipinski definition) is 5. The molecule has 0 bridgehead atoms. The van der Waals surface area contributed by atoms with Gasteiger partial charge in [0.05, 0.1) is 0 Å². The Hall–Kier alpha value is -1.52. The van der Waals surface area contributed by atoms with Gasteiger partial charge in [-0.25, -0.2) is 0 Å². The summed E-state index contributed by atoms with van der Waals surface area (Å²) >= 11 is 0. The minimum atomic E-state index is 0.603. The van der Waals surface area contributed by atoms with Gasteiger partial charge in [0, 0.05) is 27.2 Å². The molecule has 0 radical (unpaired) electrons. The van der Waals surface area contributed by atoms with Gasteiger partial charge in [0.15, 0.2) is 0 Å². The van der Waals surface area contributed by atoms with Gasteiger partial charge < -0.3 is 16.0 Å². The molecule has 0 unspecified atom stereocenters. The molecule has 0 amide bonds. The molecule has 3 N–H and O–H groups in total. The molecule has 0 fully saturated rings. The van der Waals surface area contributed by atoms with E-state index in [2.05, 4.69) is 39.8 Å². The van der Waals surface area contributed by atoms with Crippen LogP contribution in [0, 0.1) is 0 Å². The third-order valence-electron chi connectivity index (χ3n) is 1.46. The molecule has 0 aliphatic heterocycles.